The molecule has 152 valence electrons. The number of carbonyl (C=O) groups excluding carboxylic acids is 4. The quantitative estimate of drug-likeness (QED) is 0.542. The van der Waals surface area contributed by atoms with Crippen LogP contribution >= 0.6 is 0 Å². The van der Waals surface area contributed by atoms with Crippen molar-refractivity contribution in [1.82, 2.24) is 15.5 Å². The predicted molar refractivity (Wildman–Crippen MR) is 102 cm³/mol. The molecule has 1 heterocycles. The lowest BCUT2D eigenvalue weighted by Crippen LogP contribution is -2.45. The minimum Gasteiger partial charge on any atom is -0.454 e. The molecular formula is C20H27N3O5. The fourth-order valence-electron chi connectivity index (χ4n) is 2.87. The van der Waals surface area contributed by atoms with Crippen molar-refractivity contribution in [3.63, 3.8) is 0 Å². The SMILES string of the molecule is CC(C)(C)NC(=O)COC(=O)CN1C(=O)N[C@](C)(CCc2ccccc2)C1=O. The van der Waals surface area contributed by atoms with Gasteiger partial charge in [-0.05, 0) is 46.1 Å². The zero-order valence-electron chi connectivity index (χ0n) is 16.7. The second kappa shape index (κ2) is 8.41. The number of esters is 1. The van der Waals surface area contributed by atoms with E-state index in [1.165, 1.54) is 0 Å². The third-order valence-electron chi connectivity index (χ3n) is 4.27. The molecule has 4 amide bonds. The smallest absolute Gasteiger partial charge is 0.326 e. The average Bonchev–Trinajstić information content (AvgIpc) is 2.81. The Kier molecular flexibility index (Phi) is 6.43. The summed E-state index contributed by atoms with van der Waals surface area (Å²) in [5.74, 6) is -1.75. The number of carbonyl (C=O) groups is 4. The van der Waals surface area contributed by atoms with E-state index in [1.807, 2.05) is 30.3 Å². The Hall–Kier alpha value is -2.90. The highest BCUT2D eigenvalue weighted by molar-refractivity contribution is 6.08. The Bertz CT molecular complexity index is 757. The van der Waals surface area contributed by atoms with Crippen molar-refractivity contribution < 1.29 is 23.9 Å². The molecule has 0 aromatic heterocycles. The Labute approximate surface area is 164 Å². The maximum Gasteiger partial charge on any atom is 0.326 e. The summed E-state index contributed by atoms with van der Waals surface area (Å²) in [7, 11) is 0. The molecule has 0 spiro atoms. The first-order chi connectivity index (χ1) is 13.0. The molecule has 1 aliphatic heterocycles. The number of nitrogens with zero attached hydrogens (tertiary/aromatic N) is 1. The van der Waals surface area contributed by atoms with Crippen LogP contribution in [0.4, 0.5) is 4.79 Å². The molecule has 0 unspecified atom stereocenters. The summed E-state index contributed by atoms with van der Waals surface area (Å²) in [4.78, 5) is 49.4. The molecule has 1 aromatic rings. The van der Waals surface area contributed by atoms with Crippen LogP contribution in [0, 0.1) is 0 Å². The van der Waals surface area contributed by atoms with Crippen LogP contribution in [-0.2, 0) is 25.5 Å². The van der Waals surface area contributed by atoms with E-state index in [0.29, 0.717) is 12.8 Å². The van der Waals surface area contributed by atoms with E-state index in [-0.39, 0.29) is 0 Å². The van der Waals surface area contributed by atoms with Crippen LogP contribution in [0.25, 0.3) is 0 Å². The molecular weight excluding hydrogens is 362 g/mol. The number of hydrogen-bond donors (Lipinski definition) is 2. The first-order valence-corrected chi connectivity index (χ1v) is 9.15. The standard InChI is InChI=1S/C20H27N3O5/c1-19(2,3)21-15(24)13-28-16(25)12-23-17(26)20(4,22-18(23)27)11-10-14-8-6-5-7-9-14/h5-9H,10-13H2,1-4H3,(H,21,24)(H,22,27)/t20-/m1/s1. The number of hydrogen-bond acceptors (Lipinski definition) is 5. The largest absolute Gasteiger partial charge is 0.454 e. The molecule has 1 saturated heterocycles. The third kappa shape index (κ3) is 5.80. The van der Waals surface area contributed by atoms with Crippen LogP contribution in [-0.4, -0.2) is 52.9 Å². The summed E-state index contributed by atoms with van der Waals surface area (Å²) < 4.78 is 4.88. The van der Waals surface area contributed by atoms with E-state index in [2.05, 4.69) is 10.6 Å². The number of amides is 4. The van der Waals surface area contributed by atoms with Gasteiger partial charge in [0.15, 0.2) is 6.61 Å². The zero-order valence-corrected chi connectivity index (χ0v) is 16.7. The highest BCUT2D eigenvalue weighted by atomic mass is 16.5. The molecule has 0 radical (unpaired) electrons. The highest BCUT2D eigenvalue weighted by Gasteiger charge is 2.48. The van der Waals surface area contributed by atoms with E-state index < -0.39 is 48.0 Å². The van der Waals surface area contributed by atoms with Crippen molar-refractivity contribution in [3.8, 4) is 0 Å². The number of rotatable bonds is 7. The van der Waals surface area contributed by atoms with E-state index in [9.17, 15) is 19.2 Å². The van der Waals surface area contributed by atoms with Crippen LogP contribution in [0.15, 0.2) is 30.3 Å². The zero-order chi connectivity index (χ0) is 20.9. The van der Waals surface area contributed by atoms with Crippen LogP contribution in [0.2, 0.25) is 0 Å². The van der Waals surface area contributed by atoms with Crippen molar-refractivity contribution in [2.24, 2.45) is 0 Å². The summed E-state index contributed by atoms with van der Waals surface area (Å²) >= 11 is 0. The van der Waals surface area contributed by atoms with Gasteiger partial charge in [0, 0.05) is 5.54 Å². The maximum atomic E-state index is 12.7. The normalized spacial score (nSPS) is 19.4. The van der Waals surface area contributed by atoms with Crippen molar-refractivity contribution in [1.29, 1.82) is 0 Å². The summed E-state index contributed by atoms with van der Waals surface area (Å²) in [6.45, 7) is 6.04. The first kappa shape index (κ1) is 21.4. The van der Waals surface area contributed by atoms with Crippen molar-refractivity contribution >= 4 is 23.8 Å². The number of ether oxygens (including phenoxy) is 1. The fourth-order valence-corrected chi connectivity index (χ4v) is 2.87. The van der Waals surface area contributed by atoms with Gasteiger partial charge < -0.3 is 15.4 Å². The Morgan fingerprint density at radius 3 is 2.43 bits per heavy atom. The number of nitrogens with one attached hydrogen (secondary N) is 2. The average molecular weight is 389 g/mol. The maximum absolute atomic E-state index is 12.7. The van der Waals surface area contributed by atoms with Crippen molar-refractivity contribution in [2.75, 3.05) is 13.2 Å². The summed E-state index contributed by atoms with van der Waals surface area (Å²) in [6, 6.07) is 8.97. The van der Waals surface area contributed by atoms with Crippen LogP contribution in [0.3, 0.4) is 0 Å². The molecule has 8 heteroatoms. The molecule has 1 aromatic carbocycles. The van der Waals surface area contributed by atoms with Gasteiger partial charge in [-0.15, -0.1) is 0 Å². The molecule has 1 atom stereocenters. The number of imide groups is 1. The van der Waals surface area contributed by atoms with Crippen LogP contribution < -0.4 is 10.6 Å². The highest BCUT2D eigenvalue weighted by Crippen LogP contribution is 2.23. The van der Waals surface area contributed by atoms with Gasteiger partial charge in [-0.1, -0.05) is 30.3 Å². The minimum atomic E-state index is -1.09. The molecule has 1 aliphatic rings. The van der Waals surface area contributed by atoms with Gasteiger partial charge in [0.2, 0.25) is 0 Å². The van der Waals surface area contributed by atoms with Gasteiger partial charge in [-0.25, -0.2) is 4.79 Å². The van der Waals surface area contributed by atoms with Gasteiger partial charge in [0.25, 0.3) is 11.8 Å². The van der Waals surface area contributed by atoms with Crippen LogP contribution in [0.5, 0.6) is 0 Å². The topological polar surface area (TPSA) is 105 Å². The Morgan fingerprint density at radius 2 is 1.82 bits per heavy atom. The number of urea groups is 1. The molecule has 0 saturated carbocycles. The first-order valence-electron chi connectivity index (χ1n) is 9.15. The number of benzene rings is 1. The molecule has 2 N–H and O–H groups in total. The van der Waals surface area contributed by atoms with E-state index in [4.69, 9.17) is 4.74 Å². The second-order valence-electron chi connectivity index (χ2n) is 8.10. The van der Waals surface area contributed by atoms with Gasteiger partial charge in [0.05, 0.1) is 0 Å². The Morgan fingerprint density at radius 1 is 1.18 bits per heavy atom. The second-order valence-corrected chi connectivity index (χ2v) is 8.10. The van der Waals surface area contributed by atoms with E-state index in [1.54, 1.807) is 27.7 Å². The lowest BCUT2D eigenvalue weighted by Gasteiger charge is -2.22. The molecule has 28 heavy (non-hydrogen) atoms. The van der Waals surface area contributed by atoms with Gasteiger partial charge in [-0.3, -0.25) is 19.3 Å². The predicted octanol–water partition coefficient (Wildman–Crippen LogP) is 1.39. The lowest BCUT2D eigenvalue weighted by atomic mass is 9.93. The van der Waals surface area contributed by atoms with Crippen molar-refractivity contribution in [2.45, 2.75) is 51.6 Å². The van der Waals surface area contributed by atoms with Gasteiger partial charge in [0.1, 0.15) is 12.1 Å². The molecule has 0 bridgehead atoms. The summed E-state index contributed by atoms with van der Waals surface area (Å²) in [5, 5.41) is 5.31. The summed E-state index contributed by atoms with van der Waals surface area (Å²) in [5.41, 5.74) is -0.487. The third-order valence-corrected chi connectivity index (χ3v) is 4.27. The lowest BCUT2D eigenvalue weighted by molar-refractivity contribution is -0.151. The molecule has 1 fully saturated rings. The molecule has 8 nitrogen and oxygen atoms in total. The Balaban J connectivity index is 1.88. The molecule has 2 rings (SSSR count). The van der Waals surface area contributed by atoms with E-state index in [0.717, 1.165) is 10.5 Å². The van der Waals surface area contributed by atoms with Gasteiger partial charge in [-0.2, -0.15) is 0 Å². The molecule has 0 aliphatic carbocycles. The van der Waals surface area contributed by atoms with Gasteiger partial charge >= 0.3 is 12.0 Å². The van der Waals surface area contributed by atoms with Crippen molar-refractivity contribution in [3.05, 3.63) is 35.9 Å². The number of aryl methyl sites for hydroxylation is 1. The van der Waals surface area contributed by atoms with Crippen LogP contribution in [0.1, 0.15) is 39.7 Å². The van der Waals surface area contributed by atoms with E-state index >= 15 is 0 Å². The monoisotopic (exact) mass is 389 g/mol. The summed E-state index contributed by atoms with van der Waals surface area (Å²) in [6.07, 6.45) is 1.01. The fraction of sp³-hybridized carbons (Fsp3) is 0.500. The minimum absolute atomic E-state index is 0.404.